The number of hydrogen-bond donors (Lipinski definition) is 1. The first-order chi connectivity index (χ1) is 11.7. The Balaban J connectivity index is 1.54. The van der Waals surface area contributed by atoms with Crippen molar-refractivity contribution in [1.82, 2.24) is 19.9 Å². The third kappa shape index (κ3) is 3.60. The molecule has 0 unspecified atom stereocenters. The third-order valence-corrected chi connectivity index (χ3v) is 4.23. The molecular formula is C16H16N4O3S. The van der Waals surface area contributed by atoms with Crippen LogP contribution in [-0.4, -0.2) is 39.6 Å². The van der Waals surface area contributed by atoms with Gasteiger partial charge in [-0.25, -0.2) is 14.3 Å². The lowest BCUT2D eigenvalue weighted by atomic mass is 10.2. The molecule has 0 bridgehead atoms. The number of pyridine rings is 1. The minimum atomic E-state index is -0.418. The van der Waals surface area contributed by atoms with E-state index in [1.54, 1.807) is 41.3 Å². The number of nitrogens with one attached hydrogen (secondary N) is 1. The highest BCUT2D eigenvalue weighted by atomic mass is 32.1. The summed E-state index contributed by atoms with van der Waals surface area (Å²) in [6.45, 7) is 2.52. The lowest BCUT2D eigenvalue weighted by Crippen LogP contribution is -2.25. The van der Waals surface area contributed by atoms with Gasteiger partial charge in [-0.1, -0.05) is 0 Å². The van der Waals surface area contributed by atoms with Crippen molar-refractivity contribution in [3.63, 3.8) is 0 Å². The minimum Gasteiger partial charge on any atom is -0.461 e. The first-order valence-corrected chi connectivity index (χ1v) is 8.38. The van der Waals surface area contributed by atoms with E-state index in [-0.39, 0.29) is 5.91 Å². The third-order valence-electron chi connectivity index (χ3n) is 3.32. The van der Waals surface area contributed by atoms with Gasteiger partial charge in [0, 0.05) is 36.3 Å². The van der Waals surface area contributed by atoms with Crippen molar-refractivity contribution in [2.75, 3.05) is 13.2 Å². The highest BCUT2D eigenvalue weighted by Crippen LogP contribution is 2.11. The number of thiazole rings is 1. The van der Waals surface area contributed by atoms with Crippen molar-refractivity contribution < 1.29 is 14.3 Å². The van der Waals surface area contributed by atoms with Crippen LogP contribution < -0.4 is 5.32 Å². The summed E-state index contributed by atoms with van der Waals surface area (Å²) in [6.07, 6.45) is 3.99. The van der Waals surface area contributed by atoms with E-state index in [0.717, 1.165) is 10.5 Å². The first kappa shape index (κ1) is 16.1. The summed E-state index contributed by atoms with van der Waals surface area (Å²) in [4.78, 5) is 27.9. The van der Waals surface area contributed by atoms with Crippen molar-refractivity contribution >= 4 is 28.7 Å². The maximum Gasteiger partial charge on any atom is 0.357 e. The normalized spacial score (nSPS) is 10.7. The number of hydrogen-bond acceptors (Lipinski definition) is 6. The smallest absolute Gasteiger partial charge is 0.357 e. The van der Waals surface area contributed by atoms with Crippen LogP contribution in [0.1, 0.15) is 32.8 Å². The topological polar surface area (TPSA) is 85.6 Å². The molecule has 0 aliphatic carbocycles. The van der Waals surface area contributed by atoms with Gasteiger partial charge in [0.15, 0.2) is 5.69 Å². The predicted molar refractivity (Wildman–Crippen MR) is 89.3 cm³/mol. The highest BCUT2D eigenvalue weighted by Gasteiger charge is 2.12. The molecule has 0 saturated heterocycles. The second-order valence-corrected chi connectivity index (χ2v) is 5.91. The largest absolute Gasteiger partial charge is 0.461 e. The fraction of sp³-hybridized carbons (Fsp3) is 0.250. The number of nitrogens with zero attached hydrogens (tertiary/aromatic N) is 3. The molecule has 0 aliphatic rings. The molecule has 0 saturated carbocycles. The van der Waals surface area contributed by atoms with Crippen LogP contribution in [0.2, 0.25) is 0 Å². The van der Waals surface area contributed by atoms with E-state index in [4.69, 9.17) is 4.74 Å². The summed E-state index contributed by atoms with van der Waals surface area (Å²) in [5, 5.41) is 9.39. The van der Waals surface area contributed by atoms with Crippen LogP contribution >= 0.6 is 11.3 Å². The van der Waals surface area contributed by atoms with E-state index in [0.29, 0.717) is 30.8 Å². The van der Waals surface area contributed by atoms with E-state index in [1.165, 1.54) is 11.3 Å². The second-order valence-electron chi connectivity index (χ2n) is 4.97. The van der Waals surface area contributed by atoms with Gasteiger partial charge in [0.25, 0.3) is 5.91 Å². The summed E-state index contributed by atoms with van der Waals surface area (Å²) >= 11 is 1.38. The number of fused-ring (bicyclic) bond motifs is 1. The molecule has 0 atom stereocenters. The molecule has 124 valence electrons. The Bertz CT molecular complexity index is 871. The summed E-state index contributed by atoms with van der Waals surface area (Å²) in [5.74, 6) is -0.570. The van der Waals surface area contributed by atoms with E-state index in [2.05, 4.69) is 15.4 Å². The van der Waals surface area contributed by atoms with Gasteiger partial charge < -0.3 is 10.1 Å². The molecule has 0 spiro atoms. The zero-order chi connectivity index (χ0) is 16.9. The van der Waals surface area contributed by atoms with E-state index < -0.39 is 5.97 Å². The zero-order valence-electron chi connectivity index (χ0n) is 13.1. The standard InChI is InChI=1S/C16H16N4O3S/c1-2-23-16(22)13-10-24-14(19-13)4-6-17-15(21)11-5-8-20-12(9-11)3-7-18-20/h3,5,7-10H,2,4,6H2,1H3,(H,17,21). The molecule has 0 fully saturated rings. The monoisotopic (exact) mass is 344 g/mol. The lowest BCUT2D eigenvalue weighted by molar-refractivity contribution is 0.0520. The molecule has 1 N–H and O–H groups in total. The molecule has 1 amide bonds. The van der Waals surface area contributed by atoms with Gasteiger partial charge in [0.1, 0.15) is 0 Å². The fourth-order valence-electron chi connectivity index (χ4n) is 2.17. The number of carbonyl (C=O) groups is 2. The lowest BCUT2D eigenvalue weighted by Gasteiger charge is -2.04. The number of amides is 1. The van der Waals surface area contributed by atoms with Gasteiger partial charge in [-0.3, -0.25) is 4.79 Å². The van der Waals surface area contributed by atoms with Crippen molar-refractivity contribution in [1.29, 1.82) is 0 Å². The number of esters is 1. The molecule has 24 heavy (non-hydrogen) atoms. The van der Waals surface area contributed by atoms with E-state index in [1.807, 2.05) is 6.07 Å². The predicted octanol–water partition coefficient (Wildman–Crippen LogP) is 1.94. The summed E-state index contributed by atoms with van der Waals surface area (Å²) in [7, 11) is 0. The molecule has 0 radical (unpaired) electrons. The summed E-state index contributed by atoms with van der Waals surface area (Å²) in [5.41, 5.74) is 1.75. The van der Waals surface area contributed by atoms with Crippen LogP contribution in [0.3, 0.4) is 0 Å². The Hall–Kier alpha value is -2.74. The maximum absolute atomic E-state index is 12.2. The Morgan fingerprint density at radius 3 is 3.08 bits per heavy atom. The summed E-state index contributed by atoms with van der Waals surface area (Å²) < 4.78 is 6.60. The van der Waals surface area contributed by atoms with E-state index >= 15 is 0 Å². The molecule has 3 aromatic heterocycles. The number of ether oxygens (including phenoxy) is 1. The number of rotatable bonds is 6. The van der Waals surface area contributed by atoms with Gasteiger partial charge in [-0.05, 0) is 25.1 Å². The van der Waals surface area contributed by atoms with Gasteiger partial charge in [0.05, 0.1) is 17.1 Å². The quantitative estimate of drug-likeness (QED) is 0.691. The van der Waals surface area contributed by atoms with Gasteiger partial charge in [-0.2, -0.15) is 5.10 Å². The van der Waals surface area contributed by atoms with Crippen LogP contribution in [-0.2, 0) is 11.2 Å². The Labute approximate surface area is 142 Å². The fourth-order valence-corrected chi connectivity index (χ4v) is 2.94. The molecule has 7 nitrogen and oxygen atoms in total. The maximum atomic E-state index is 12.2. The van der Waals surface area contributed by atoms with Crippen LogP contribution in [0, 0.1) is 0 Å². The van der Waals surface area contributed by atoms with Crippen LogP contribution in [0.4, 0.5) is 0 Å². The highest BCUT2D eigenvalue weighted by molar-refractivity contribution is 7.09. The Morgan fingerprint density at radius 2 is 2.25 bits per heavy atom. The van der Waals surface area contributed by atoms with Gasteiger partial charge in [-0.15, -0.1) is 11.3 Å². The molecule has 0 aromatic carbocycles. The van der Waals surface area contributed by atoms with Crippen LogP contribution in [0.5, 0.6) is 0 Å². The van der Waals surface area contributed by atoms with Gasteiger partial charge in [0.2, 0.25) is 0 Å². The molecule has 8 heteroatoms. The SMILES string of the molecule is CCOC(=O)c1csc(CCNC(=O)c2ccn3nccc3c2)n1. The van der Waals surface area contributed by atoms with Crippen LogP contribution in [0.15, 0.2) is 36.0 Å². The first-order valence-electron chi connectivity index (χ1n) is 7.50. The van der Waals surface area contributed by atoms with Crippen molar-refractivity contribution in [2.45, 2.75) is 13.3 Å². The van der Waals surface area contributed by atoms with Crippen molar-refractivity contribution in [2.24, 2.45) is 0 Å². The second kappa shape index (κ2) is 7.22. The molecule has 3 rings (SSSR count). The number of carbonyl (C=O) groups excluding carboxylic acids is 2. The number of aromatic nitrogens is 3. The average Bonchev–Trinajstić information content (AvgIpc) is 3.23. The Kier molecular flexibility index (Phi) is 4.85. The van der Waals surface area contributed by atoms with Crippen molar-refractivity contribution in [3.05, 3.63) is 52.2 Å². The minimum absolute atomic E-state index is 0.152. The van der Waals surface area contributed by atoms with Crippen LogP contribution in [0.25, 0.3) is 5.52 Å². The molecule has 0 aliphatic heterocycles. The molecule has 3 heterocycles. The van der Waals surface area contributed by atoms with Crippen molar-refractivity contribution in [3.8, 4) is 0 Å². The van der Waals surface area contributed by atoms with Gasteiger partial charge >= 0.3 is 5.97 Å². The zero-order valence-corrected chi connectivity index (χ0v) is 13.9. The summed E-state index contributed by atoms with van der Waals surface area (Å²) in [6, 6.07) is 5.34. The Morgan fingerprint density at radius 1 is 1.38 bits per heavy atom. The average molecular weight is 344 g/mol. The molecule has 3 aromatic rings. The van der Waals surface area contributed by atoms with E-state index in [9.17, 15) is 9.59 Å². The molecular weight excluding hydrogens is 328 g/mol.